The summed E-state index contributed by atoms with van der Waals surface area (Å²) in [7, 11) is 0. The lowest BCUT2D eigenvalue weighted by Crippen LogP contribution is -2.12. The summed E-state index contributed by atoms with van der Waals surface area (Å²) in [5.41, 5.74) is 0.365. The summed E-state index contributed by atoms with van der Waals surface area (Å²) in [5.74, 6) is -0.00676. The van der Waals surface area contributed by atoms with Crippen LogP contribution >= 0.6 is 0 Å². The fourth-order valence-corrected chi connectivity index (χ4v) is 1.39. The van der Waals surface area contributed by atoms with E-state index in [0.29, 0.717) is 24.5 Å². The molecule has 0 bridgehead atoms. The van der Waals surface area contributed by atoms with Gasteiger partial charge < -0.3 is 18.9 Å². The molecule has 0 heterocycles. The Labute approximate surface area is 118 Å². The van der Waals surface area contributed by atoms with Crippen LogP contribution in [0.25, 0.3) is 0 Å². The Morgan fingerprint density at radius 3 is 2.35 bits per heavy atom. The van der Waals surface area contributed by atoms with Gasteiger partial charge in [0.1, 0.15) is 37.7 Å². The molecule has 0 amide bonds. The number of hydrogen-bond acceptors (Lipinski definition) is 5. The lowest BCUT2D eigenvalue weighted by atomic mass is 10.2. The van der Waals surface area contributed by atoms with Gasteiger partial charge in [0, 0.05) is 0 Å². The van der Waals surface area contributed by atoms with Crippen molar-refractivity contribution in [2.45, 2.75) is 0 Å². The second-order valence-corrected chi connectivity index (χ2v) is 3.56. The van der Waals surface area contributed by atoms with E-state index in [0.717, 1.165) is 0 Å². The van der Waals surface area contributed by atoms with Crippen LogP contribution in [0.1, 0.15) is 10.4 Å². The lowest BCUT2D eigenvalue weighted by Gasteiger charge is -2.11. The van der Waals surface area contributed by atoms with Crippen molar-refractivity contribution in [1.29, 1.82) is 0 Å². The van der Waals surface area contributed by atoms with Crippen LogP contribution in [-0.4, -0.2) is 32.4 Å². The zero-order valence-corrected chi connectivity index (χ0v) is 11.2. The zero-order valence-electron chi connectivity index (χ0n) is 11.2. The number of esters is 1. The topological polar surface area (TPSA) is 54.0 Å². The van der Waals surface area contributed by atoms with E-state index in [-0.39, 0.29) is 13.2 Å². The van der Waals surface area contributed by atoms with Crippen LogP contribution in [0.2, 0.25) is 0 Å². The Hall–Kier alpha value is -2.43. The number of ether oxygens (including phenoxy) is 4. The highest BCUT2D eigenvalue weighted by atomic mass is 16.6. The molecule has 0 unspecified atom stereocenters. The highest BCUT2D eigenvalue weighted by Crippen LogP contribution is 2.18. The normalized spacial score (nSPS) is 9.40. The van der Waals surface area contributed by atoms with Crippen molar-refractivity contribution in [2.24, 2.45) is 0 Å². The molecule has 0 aliphatic rings. The number of carbonyl (C=O) groups is 1. The van der Waals surface area contributed by atoms with Crippen LogP contribution in [-0.2, 0) is 14.2 Å². The van der Waals surface area contributed by atoms with Gasteiger partial charge in [-0.3, -0.25) is 0 Å². The first-order valence-electron chi connectivity index (χ1n) is 6.13. The minimum absolute atomic E-state index is 0.152. The predicted octanol–water partition coefficient (Wildman–Crippen LogP) is 2.54. The first-order chi connectivity index (χ1) is 9.79. The van der Waals surface area contributed by atoms with Crippen molar-refractivity contribution in [1.82, 2.24) is 0 Å². The number of rotatable bonds is 10. The summed E-state index contributed by atoms with van der Waals surface area (Å²) >= 11 is 0. The molecule has 0 saturated heterocycles. The SMILES string of the molecule is C=COCCOC(=O)c1ccccc1OCCOC=C. The van der Waals surface area contributed by atoms with Crippen LogP contribution in [0.3, 0.4) is 0 Å². The highest BCUT2D eigenvalue weighted by Gasteiger charge is 2.13. The summed E-state index contributed by atoms with van der Waals surface area (Å²) < 4.78 is 20.3. The Morgan fingerprint density at radius 2 is 1.65 bits per heavy atom. The molecule has 0 radical (unpaired) electrons. The summed E-state index contributed by atoms with van der Waals surface area (Å²) in [4.78, 5) is 11.9. The molecule has 0 aliphatic heterocycles. The largest absolute Gasteiger partial charge is 0.498 e. The van der Waals surface area contributed by atoms with Crippen LogP contribution in [0.4, 0.5) is 0 Å². The Morgan fingerprint density at radius 1 is 1.00 bits per heavy atom. The molecule has 0 spiro atoms. The maximum Gasteiger partial charge on any atom is 0.342 e. The molecule has 0 aromatic heterocycles. The van der Waals surface area contributed by atoms with Gasteiger partial charge in [0.25, 0.3) is 0 Å². The molecule has 0 atom stereocenters. The maximum absolute atomic E-state index is 11.9. The summed E-state index contributed by atoms with van der Waals surface area (Å²) in [6, 6.07) is 6.86. The van der Waals surface area contributed by atoms with E-state index >= 15 is 0 Å². The van der Waals surface area contributed by atoms with Gasteiger partial charge in [-0.2, -0.15) is 0 Å². The smallest absolute Gasteiger partial charge is 0.342 e. The van der Waals surface area contributed by atoms with Gasteiger partial charge in [-0.15, -0.1) is 0 Å². The molecule has 1 aromatic rings. The summed E-state index contributed by atoms with van der Waals surface area (Å²) in [5, 5.41) is 0. The van der Waals surface area contributed by atoms with Crippen molar-refractivity contribution in [3.63, 3.8) is 0 Å². The quantitative estimate of drug-likeness (QED) is 0.374. The molecule has 0 N–H and O–H groups in total. The standard InChI is InChI=1S/C15H18O5/c1-3-17-9-11-19-14-8-6-5-7-13(14)15(16)20-12-10-18-4-2/h3-8H,1-2,9-12H2. The molecular weight excluding hydrogens is 260 g/mol. The molecule has 0 saturated carbocycles. The third-order valence-corrected chi connectivity index (χ3v) is 2.24. The first kappa shape index (κ1) is 15.6. The van der Waals surface area contributed by atoms with E-state index in [1.165, 1.54) is 12.5 Å². The average Bonchev–Trinajstić information content (AvgIpc) is 2.48. The Kier molecular flexibility index (Phi) is 7.42. The first-order valence-corrected chi connectivity index (χ1v) is 6.13. The van der Waals surface area contributed by atoms with Crippen LogP contribution < -0.4 is 4.74 Å². The third-order valence-electron chi connectivity index (χ3n) is 2.24. The average molecular weight is 278 g/mol. The highest BCUT2D eigenvalue weighted by molar-refractivity contribution is 5.92. The van der Waals surface area contributed by atoms with Gasteiger partial charge in [-0.05, 0) is 12.1 Å². The van der Waals surface area contributed by atoms with Crippen molar-refractivity contribution in [3.05, 3.63) is 55.5 Å². The Balaban J connectivity index is 2.52. The number of para-hydroxylation sites is 1. The fraction of sp³-hybridized carbons (Fsp3) is 0.267. The molecule has 5 nitrogen and oxygen atoms in total. The number of hydrogen-bond donors (Lipinski definition) is 0. The van der Waals surface area contributed by atoms with Gasteiger partial charge in [0.05, 0.1) is 12.5 Å². The van der Waals surface area contributed by atoms with E-state index < -0.39 is 5.97 Å². The van der Waals surface area contributed by atoms with Crippen LogP contribution in [0.5, 0.6) is 5.75 Å². The van der Waals surface area contributed by atoms with Gasteiger partial charge in [0.2, 0.25) is 0 Å². The zero-order chi connectivity index (χ0) is 14.6. The fourth-order valence-electron chi connectivity index (χ4n) is 1.39. The second kappa shape index (κ2) is 9.49. The van der Waals surface area contributed by atoms with E-state index in [1.54, 1.807) is 24.3 Å². The molecule has 0 aliphatic carbocycles. The summed E-state index contributed by atoms with van der Waals surface area (Å²) in [6.45, 7) is 7.92. The molecule has 0 fully saturated rings. The predicted molar refractivity (Wildman–Crippen MR) is 74.5 cm³/mol. The Bertz CT molecular complexity index is 442. The van der Waals surface area contributed by atoms with Gasteiger partial charge in [-0.25, -0.2) is 4.79 Å². The molecular formula is C15H18O5. The second-order valence-electron chi connectivity index (χ2n) is 3.56. The minimum Gasteiger partial charge on any atom is -0.498 e. The summed E-state index contributed by atoms with van der Waals surface area (Å²) in [6.07, 6.45) is 2.63. The van der Waals surface area contributed by atoms with Crippen molar-refractivity contribution in [3.8, 4) is 5.75 Å². The molecule has 20 heavy (non-hydrogen) atoms. The van der Waals surface area contributed by atoms with Gasteiger partial charge in [0.15, 0.2) is 0 Å². The number of carbonyl (C=O) groups excluding carboxylic acids is 1. The minimum atomic E-state index is -0.460. The van der Waals surface area contributed by atoms with Crippen LogP contribution in [0, 0.1) is 0 Å². The van der Waals surface area contributed by atoms with Gasteiger partial charge in [-0.1, -0.05) is 25.3 Å². The molecule has 108 valence electrons. The number of benzene rings is 1. The van der Waals surface area contributed by atoms with E-state index in [2.05, 4.69) is 13.2 Å². The monoisotopic (exact) mass is 278 g/mol. The van der Waals surface area contributed by atoms with Crippen molar-refractivity contribution >= 4 is 5.97 Å². The molecule has 1 aromatic carbocycles. The van der Waals surface area contributed by atoms with Crippen molar-refractivity contribution < 1.29 is 23.7 Å². The third kappa shape index (κ3) is 5.48. The van der Waals surface area contributed by atoms with E-state index in [9.17, 15) is 4.79 Å². The van der Waals surface area contributed by atoms with Crippen molar-refractivity contribution in [2.75, 3.05) is 26.4 Å². The van der Waals surface area contributed by atoms with Gasteiger partial charge >= 0.3 is 5.97 Å². The molecule has 1 rings (SSSR count). The van der Waals surface area contributed by atoms with E-state index in [4.69, 9.17) is 18.9 Å². The maximum atomic E-state index is 11.9. The van der Waals surface area contributed by atoms with Crippen LogP contribution in [0.15, 0.2) is 49.9 Å². The lowest BCUT2D eigenvalue weighted by molar-refractivity contribution is 0.0415. The van der Waals surface area contributed by atoms with E-state index in [1.807, 2.05) is 0 Å². The molecule has 5 heteroatoms.